The zero-order chi connectivity index (χ0) is 11.5. The Bertz CT molecular complexity index is 248. The van der Waals surface area contributed by atoms with E-state index in [1.54, 1.807) is 0 Å². The normalized spacial score (nSPS) is 10.6. The minimum atomic E-state index is 0.335. The van der Waals surface area contributed by atoms with Gasteiger partial charge in [-0.15, -0.1) is 0 Å². The molecule has 0 aliphatic rings. The molecule has 0 heterocycles. The molecule has 16 heavy (non-hydrogen) atoms. The molecule has 0 unspecified atom stereocenters. The van der Waals surface area contributed by atoms with Gasteiger partial charge in [0.1, 0.15) is 0 Å². The van der Waals surface area contributed by atoms with Gasteiger partial charge in [-0.25, -0.2) is 0 Å². The van der Waals surface area contributed by atoms with Crippen molar-refractivity contribution in [2.75, 3.05) is 19.7 Å². The summed E-state index contributed by atoms with van der Waals surface area (Å²) in [4.78, 5) is 0. The van der Waals surface area contributed by atoms with E-state index in [0.717, 1.165) is 32.4 Å². The van der Waals surface area contributed by atoms with Crippen LogP contribution in [0.5, 0.6) is 0 Å². The lowest BCUT2D eigenvalue weighted by Gasteiger charge is -2.04. The van der Waals surface area contributed by atoms with Crippen molar-refractivity contribution < 1.29 is 5.11 Å². The van der Waals surface area contributed by atoms with Gasteiger partial charge < -0.3 is 10.4 Å². The minimum Gasteiger partial charge on any atom is -0.396 e. The molecule has 0 atom stereocenters. The third-order valence-corrected chi connectivity index (χ3v) is 2.69. The monoisotopic (exact) mass is 221 g/mol. The zero-order valence-electron chi connectivity index (χ0n) is 9.99. The summed E-state index contributed by atoms with van der Waals surface area (Å²) >= 11 is 0. The first kappa shape index (κ1) is 13.2. The Balaban J connectivity index is 1.89. The predicted octanol–water partition coefficient (Wildman–Crippen LogP) is 2.37. The Hall–Kier alpha value is -0.860. The third kappa shape index (κ3) is 6.59. The van der Waals surface area contributed by atoms with Crippen LogP contribution in [0.4, 0.5) is 0 Å². The first-order valence-electron chi connectivity index (χ1n) is 6.29. The molecule has 0 amide bonds. The molecule has 1 aromatic carbocycles. The van der Waals surface area contributed by atoms with E-state index in [1.165, 1.54) is 18.4 Å². The number of benzene rings is 1. The maximum Gasteiger partial charge on any atom is 0.0431 e. The van der Waals surface area contributed by atoms with Crippen LogP contribution >= 0.6 is 0 Å². The molecule has 0 aliphatic carbocycles. The van der Waals surface area contributed by atoms with E-state index in [2.05, 4.69) is 35.6 Å². The SMILES string of the molecule is OCCCCCCNCCc1ccccc1. The Labute approximate surface area is 98.7 Å². The van der Waals surface area contributed by atoms with Crippen LogP contribution in [0.25, 0.3) is 0 Å². The van der Waals surface area contributed by atoms with Gasteiger partial charge in [0.15, 0.2) is 0 Å². The Kier molecular flexibility index (Phi) is 7.74. The first-order valence-corrected chi connectivity index (χ1v) is 6.29. The molecule has 0 bridgehead atoms. The van der Waals surface area contributed by atoms with Gasteiger partial charge in [0.2, 0.25) is 0 Å². The van der Waals surface area contributed by atoms with Gasteiger partial charge in [0.05, 0.1) is 0 Å². The number of unbranched alkanes of at least 4 members (excludes halogenated alkanes) is 3. The molecule has 0 radical (unpaired) electrons. The number of aliphatic hydroxyl groups excluding tert-OH is 1. The van der Waals surface area contributed by atoms with Crippen molar-refractivity contribution in [1.82, 2.24) is 5.32 Å². The molecule has 90 valence electrons. The zero-order valence-corrected chi connectivity index (χ0v) is 9.99. The van der Waals surface area contributed by atoms with Crippen molar-refractivity contribution in [3.05, 3.63) is 35.9 Å². The van der Waals surface area contributed by atoms with E-state index < -0.39 is 0 Å². The van der Waals surface area contributed by atoms with Gasteiger partial charge >= 0.3 is 0 Å². The van der Waals surface area contributed by atoms with Crippen molar-refractivity contribution in [1.29, 1.82) is 0 Å². The molecular formula is C14H23NO. The maximum atomic E-state index is 8.62. The third-order valence-electron chi connectivity index (χ3n) is 2.69. The summed E-state index contributed by atoms with van der Waals surface area (Å²) in [6.07, 6.45) is 5.64. The van der Waals surface area contributed by atoms with Crippen LogP contribution in [0.15, 0.2) is 30.3 Å². The van der Waals surface area contributed by atoms with E-state index in [0.29, 0.717) is 6.61 Å². The molecule has 0 saturated carbocycles. The lowest BCUT2D eigenvalue weighted by Crippen LogP contribution is -2.18. The van der Waals surface area contributed by atoms with Gasteiger partial charge in [-0.2, -0.15) is 0 Å². The molecule has 2 heteroatoms. The van der Waals surface area contributed by atoms with Crippen LogP contribution in [0.3, 0.4) is 0 Å². The lowest BCUT2D eigenvalue weighted by molar-refractivity contribution is 0.282. The van der Waals surface area contributed by atoms with Crippen molar-refractivity contribution in [2.24, 2.45) is 0 Å². The highest BCUT2D eigenvalue weighted by Gasteiger charge is 1.92. The summed E-state index contributed by atoms with van der Waals surface area (Å²) in [5.41, 5.74) is 1.40. The van der Waals surface area contributed by atoms with Crippen molar-refractivity contribution in [3.8, 4) is 0 Å². The second-order valence-electron chi connectivity index (χ2n) is 4.12. The fraction of sp³-hybridized carbons (Fsp3) is 0.571. The molecule has 0 aliphatic heterocycles. The molecule has 0 spiro atoms. The van der Waals surface area contributed by atoms with Crippen LogP contribution in [0.1, 0.15) is 31.2 Å². The highest BCUT2D eigenvalue weighted by molar-refractivity contribution is 5.14. The molecule has 0 saturated heterocycles. The number of hydrogen-bond donors (Lipinski definition) is 2. The lowest BCUT2D eigenvalue weighted by atomic mass is 10.1. The average molecular weight is 221 g/mol. The van der Waals surface area contributed by atoms with Gasteiger partial charge in [0, 0.05) is 6.61 Å². The van der Waals surface area contributed by atoms with Crippen LogP contribution in [-0.2, 0) is 6.42 Å². The van der Waals surface area contributed by atoms with Gasteiger partial charge in [0.25, 0.3) is 0 Å². The first-order chi connectivity index (χ1) is 7.93. The second kappa shape index (κ2) is 9.37. The van der Waals surface area contributed by atoms with Gasteiger partial charge in [-0.05, 0) is 37.9 Å². The maximum absolute atomic E-state index is 8.62. The van der Waals surface area contributed by atoms with Crippen molar-refractivity contribution in [2.45, 2.75) is 32.1 Å². The quantitative estimate of drug-likeness (QED) is 0.627. The van der Waals surface area contributed by atoms with Crippen LogP contribution in [0, 0.1) is 0 Å². The highest BCUT2D eigenvalue weighted by atomic mass is 16.2. The van der Waals surface area contributed by atoms with Crippen LogP contribution in [0.2, 0.25) is 0 Å². The summed E-state index contributed by atoms with van der Waals surface area (Å²) in [6.45, 7) is 2.49. The number of aliphatic hydroxyl groups is 1. The molecule has 2 nitrogen and oxygen atoms in total. The smallest absolute Gasteiger partial charge is 0.0431 e. The number of hydrogen-bond acceptors (Lipinski definition) is 2. The van der Waals surface area contributed by atoms with E-state index in [9.17, 15) is 0 Å². The van der Waals surface area contributed by atoms with Gasteiger partial charge in [-0.3, -0.25) is 0 Å². The molecule has 0 fully saturated rings. The minimum absolute atomic E-state index is 0.335. The van der Waals surface area contributed by atoms with Crippen molar-refractivity contribution >= 4 is 0 Å². The van der Waals surface area contributed by atoms with Crippen LogP contribution in [-0.4, -0.2) is 24.8 Å². The summed E-state index contributed by atoms with van der Waals surface area (Å²) in [5, 5.41) is 12.1. The summed E-state index contributed by atoms with van der Waals surface area (Å²) in [7, 11) is 0. The van der Waals surface area contributed by atoms with E-state index in [4.69, 9.17) is 5.11 Å². The Morgan fingerprint density at radius 1 is 0.875 bits per heavy atom. The van der Waals surface area contributed by atoms with Crippen LogP contribution < -0.4 is 5.32 Å². The molecule has 2 N–H and O–H groups in total. The summed E-state index contributed by atoms with van der Waals surface area (Å²) in [5.74, 6) is 0. The highest BCUT2D eigenvalue weighted by Crippen LogP contribution is 1.99. The molecular weight excluding hydrogens is 198 g/mol. The molecule has 1 aromatic rings. The topological polar surface area (TPSA) is 32.3 Å². The fourth-order valence-electron chi connectivity index (χ4n) is 1.72. The van der Waals surface area contributed by atoms with E-state index in [-0.39, 0.29) is 0 Å². The Morgan fingerprint density at radius 2 is 1.62 bits per heavy atom. The molecule has 0 aromatic heterocycles. The largest absolute Gasteiger partial charge is 0.396 e. The van der Waals surface area contributed by atoms with E-state index >= 15 is 0 Å². The summed E-state index contributed by atoms with van der Waals surface area (Å²) < 4.78 is 0. The predicted molar refractivity (Wildman–Crippen MR) is 68.6 cm³/mol. The van der Waals surface area contributed by atoms with Crippen molar-refractivity contribution in [3.63, 3.8) is 0 Å². The second-order valence-corrected chi connectivity index (χ2v) is 4.12. The Morgan fingerprint density at radius 3 is 2.38 bits per heavy atom. The van der Waals surface area contributed by atoms with E-state index in [1.807, 2.05) is 0 Å². The standard InChI is InChI=1S/C14H23NO/c16-13-7-2-1-6-11-15-12-10-14-8-4-3-5-9-14/h3-5,8-9,15-16H,1-2,6-7,10-13H2. The summed E-state index contributed by atoms with van der Waals surface area (Å²) in [6, 6.07) is 10.6. The number of nitrogens with one attached hydrogen (secondary N) is 1. The average Bonchev–Trinajstić information content (AvgIpc) is 2.34. The number of rotatable bonds is 9. The van der Waals surface area contributed by atoms with Gasteiger partial charge in [-0.1, -0.05) is 43.2 Å². The fourth-order valence-corrected chi connectivity index (χ4v) is 1.72. The molecule has 1 rings (SSSR count).